The number of carbonyl (C=O) groups excluding carboxylic acids is 1. The third-order valence-electron chi connectivity index (χ3n) is 0.957. The minimum absolute atomic E-state index is 0.413. The number of pyridine rings is 1. The van der Waals surface area contributed by atoms with Crippen LogP contribution in [0, 0.1) is 5.82 Å². The van der Waals surface area contributed by atoms with E-state index in [1.165, 1.54) is 12.1 Å². The normalized spacial score (nSPS) is 8.50. The lowest BCUT2D eigenvalue weighted by Gasteiger charge is -1.87. The summed E-state index contributed by atoms with van der Waals surface area (Å²) in [5.74, 6) is 1.13. The molecule has 1 heterocycles. The van der Waals surface area contributed by atoms with E-state index in [0.717, 1.165) is 12.3 Å². The lowest BCUT2D eigenvalue weighted by Crippen LogP contribution is -1.80. The van der Waals surface area contributed by atoms with Crippen molar-refractivity contribution < 1.29 is 9.18 Å². The Kier molecular flexibility index (Phi) is 1.92. The van der Waals surface area contributed by atoms with Gasteiger partial charge >= 0.3 is 0 Å². The van der Waals surface area contributed by atoms with Gasteiger partial charge in [0.1, 0.15) is 11.8 Å². The summed E-state index contributed by atoms with van der Waals surface area (Å²) >= 11 is 0. The number of hydrogen-bond acceptors (Lipinski definition) is 2. The minimum atomic E-state index is -0.414. The van der Waals surface area contributed by atoms with E-state index in [1.807, 2.05) is 0 Å². The fourth-order valence-corrected chi connectivity index (χ4v) is 0.533. The summed E-state index contributed by atoms with van der Waals surface area (Å²) < 4.78 is 12.2. The van der Waals surface area contributed by atoms with E-state index < -0.39 is 5.82 Å². The van der Waals surface area contributed by atoms with Crippen molar-refractivity contribution in [2.75, 3.05) is 0 Å². The van der Waals surface area contributed by atoms with Gasteiger partial charge in [0.2, 0.25) is 0 Å². The summed E-state index contributed by atoms with van der Waals surface area (Å²) in [5, 5.41) is 0. The molecule has 0 aliphatic rings. The monoisotopic (exact) mass is 137 g/mol. The molecule has 10 heavy (non-hydrogen) atoms. The number of nitrogens with zero attached hydrogens (tertiary/aromatic N) is 1. The molecule has 2 nitrogen and oxygen atoms in total. The predicted octanol–water partition coefficient (Wildman–Crippen LogP) is 1.07. The molecule has 0 spiro atoms. The van der Waals surface area contributed by atoms with Crippen LogP contribution in [0.25, 0.3) is 6.08 Å². The summed E-state index contributed by atoms with van der Waals surface area (Å²) in [5.41, 5.74) is 0.413. The first-order chi connectivity index (χ1) is 4.83. The third kappa shape index (κ3) is 1.50. The lowest BCUT2D eigenvalue weighted by atomic mass is 10.3. The highest BCUT2D eigenvalue weighted by atomic mass is 19.1. The highest BCUT2D eigenvalue weighted by Crippen LogP contribution is 1.97. The molecule has 0 fully saturated rings. The Morgan fingerprint density at radius 1 is 1.60 bits per heavy atom. The molecule has 0 aliphatic heterocycles. The summed E-state index contributed by atoms with van der Waals surface area (Å²) in [7, 11) is 0. The molecule has 0 unspecified atom stereocenters. The molecule has 0 bridgehead atoms. The first kappa shape index (κ1) is 6.65. The van der Waals surface area contributed by atoms with Gasteiger partial charge in [-0.25, -0.2) is 9.18 Å². The molecule has 0 radical (unpaired) electrons. The molecule has 0 saturated heterocycles. The van der Waals surface area contributed by atoms with Crippen LogP contribution in [0.4, 0.5) is 4.39 Å². The van der Waals surface area contributed by atoms with Crippen LogP contribution in [0.15, 0.2) is 18.3 Å². The number of halogens is 1. The van der Waals surface area contributed by atoms with Crippen LogP contribution in [-0.2, 0) is 4.79 Å². The second-order valence-electron chi connectivity index (χ2n) is 1.66. The standard InChI is InChI=1S/C7H4FNO/c8-6-1-2-7(3-4-10)9-5-6/h1-3,5H. The summed E-state index contributed by atoms with van der Waals surface area (Å²) in [6.45, 7) is 0. The zero-order valence-corrected chi connectivity index (χ0v) is 5.04. The Bertz CT molecular complexity index is 261. The molecule has 0 aromatic carbocycles. The number of rotatable bonds is 1. The molecule has 3 heteroatoms. The van der Waals surface area contributed by atoms with Gasteiger partial charge in [0.15, 0.2) is 0 Å². The molecule has 1 rings (SSSR count). The van der Waals surface area contributed by atoms with Crippen molar-refractivity contribution in [3.8, 4) is 0 Å². The Labute approximate surface area is 57.0 Å². The fourth-order valence-electron chi connectivity index (χ4n) is 0.533. The molecule has 0 amide bonds. The van der Waals surface area contributed by atoms with Crippen molar-refractivity contribution in [3.63, 3.8) is 0 Å². The van der Waals surface area contributed by atoms with Gasteiger partial charge in [-0.2, -0.15) is 0 Å². The van der Waals surface area contributed by atoms with Crippen molar-refractivity contribution in [1.82, 2.24) is 4.98 Å². The quantitative estimate of drug-likeness (QED) is 0.542. The number of aromatic nitrogens is 1. The van der Waals surface area contributed by atoms with Crippen LogP contribution < -0.4 is 0 Å². The molecule has 0 aliphatic carbocycles. The Balaban J connectivity index is 3.00. The highest BCUT2D eigenvalue weighted by Gasteiger charge is 1.88. The van der Waals surface area contributed by atoms with Gasteiger partial charge in [-0.3, -0.25) is 4.98 Å². The maximum absolute atomic E-state index is 12.2. The average Bonchev–Trinajstić information content (AvgIpc) is 1.95. The van der Waals surface area contributed by atoms with Gasteiger partial charge in [-0.1, -0.05) is 0 Å². The fraction of sp³-hybridized carbons (Fsp3) is 0. The van der Waals surface area contributed by atoms with E-state index in [1.54, 1.807) is 5.94 Å². The van der Waals surface area contributed by atoms with Crippen LogP contribution in [0.5, 0.6) is 0 Å². The van der Waals surface area contributed by atoms with Crippen LogP contribution in [0.2, 0.25) is 0 Å². The maximum Gasteiger partial charge on any atom is 0.141 e. The molecule has 50 valence electrons. The molecule has 1 aromatic rings. The van der Waals surface area contributed by atoms with Gasteiger partial charge < -0.3 is 0 Å². The predicted molar refractivity (Wildman–Crippen MR) is 34.4 cm³/mol. The molecular formula is C7H4FNO. The summed E-state index contributed by atoms with van der Waals surface area (Å²) in [6, 6.07) is 2.64. The molecule has 0 N–H and O–H groups in total. The van der Waals surface area contributed by atoms with Gasteiger partial charge in [-0.15, -0.1) is 0 Å². The van der Waals surface area contributed by atoms with E-state index in [4.69, 9.17) is 0 Å². The second-order valence-corrected chi connectivity index (χ2v) is 1.66. The van der Waals surface area contributed by atoms with Gasteiger partial charge in [-0.05, 0) is 12.1 Å². The van der Waals surface area contributed by atoms with E-state index in [-0.39, 0.29) is 0 Å². The topological polar surface area (TPSA) is 30.0 Å². The molecule has 1 aromatic heterocycles. The molecular weight excluding hydrogens is 133 g/mol. The van der Waals surface area contributed by atoms with E-state index in [9.17, 15) is 9.18 Å². The molecule has 0 saturated carbocycles. The smallest absolute Gasteiger partial charge is 0.141 e. The summed E-state index contributed by atoms with van der Waals surface area (Å²) in [4.78, 5) is 13.3. The average molecular weight is 137 g/mol. The van der Waals surface area contributed by atoms with Gasteiger partial charge in [0.05, 0.1) is 11.9 Å². The molecule has 0 atom stereocenters. The first-order valence-electron chi connectivity index (χ1n) is 2.65. The van der Waals surface area contributed by atoms with Crippen LogP contribution >= 0.6 is 0 Å². The Morgan fingerprint density at radius 3 is 2.90 bits per heavy atom. The van der Waals surface area contributed by atoms with Crippen molar-refractivity contribution in [2.24, 2.45) is 0 Å². The SMILES string of the molecule is O=C=Cc1ccc(F)cn1. The Morgan fingerprint density at radius 2 is 2.40 bits per heavy atom. The van der Waals surface area contributed by atoms with E-state index in [2.05, 4.69) is 4.98 Å². The van der Waals surface area contributed by atoms with Crippen molar-refractivity contribution in [2.45, 2.75) is 0 Å². The van der Waals surface area contributed by atoms with Crippen molar-refractivity contribution >= 4 is 12.0 Å². The summed E-state index contributed by atoms with van der Waals surface area (Å²) in [6.07, 6.45) is 2.18. The Hall–Kier alpha value is -1.47. The van der Waals surface area contributed by atoms with Crippen LogP contribution in [-0.4, -0.2) is 10.9 Å². The first-order valence-corrected chi connectivity index (χ1v) is 2.65. The van der Waals surface area contributed by atoms with Crippen LogP contribution in [0.3, 0.4) is 0 Å². The second kappa shape index (κ2) is 2.90. The zero-order valence-electron chi connectivity index (χ0n) is 5.04. The van der Waals surface area contributed by atoms with Crippen LogP contribution in [0.1, 0.15) is 5.69 Å². The van der Waals surface area contributed by atoms with Gasteiger partial charge in [0.25, 0.3) is 0 Å². The third-order valence-corrected chi connectivity index (χ3v) is 0.957. The number of hydrogen-bond donors (Lipinski definition) is 0. The van der Waals surface area contributed by atoms with Crippen molar-refractivity contribution in [3.05, 3.63) is 29.8 Å². The maximum atomic E-state index is 12.2. The largest absolute Gasteiger partial charge is 0.253 e. The highest BCUT2D eigenvalue weighted by molar-refractivity contribution is 5.72. The van der Waals surface area contributed by atoms with E-state index >= 15 is 0 Å². The van der Waals surface area contributed by atoms with E-state index in [0.29, 0.717) is 5.69 Å². The van der Waals surface area contributed by atoms with Crippen molar-refractivity contribution in [1.29, 1.82) is 0 Å². The van der Waals surface area contributed by atoms with Gasteiger partial charge in [0, 0.05) is 6.08 Å². The lowest BCUT2D eigenvalue weighted by molar-refractivity contribution is 0.570. The minimum Gasteiger partial charge on any atom is -0.253 e. The zero-order chi connectivity index (χ0) is 7.40.